The fourth-order valence-corrected chi connectivity index (χ4v) is 3.02. The van der Waals surface area contributed by atoms with Crippen LogP contribution < -0.4 is 0 Å². The minimum absolute atomic E-state index is 0.0844. The van der Waals surface area contributed by atoms with Gasteiger partial charge in [-0.05, 0) is 45.4 Å². The van der Waals surface area contributed by atoms with E-state index in [4.69, 9.17) is 4.42 Å². The smallest absolute Gasteiger partial charge is 0.236 e. The lowest BCUT2D eigenvalue weighted by Gasteiger charge is -2.30. The van der Waals surface area contributed by atoms with Crippen molar-refractivity contribution >= 4 is 16.9 Å². The number of amides is 1. The Morgan fingerprint density at radius 3 is 2.73 bits per heavy atom. The number of hydrogen-bond acceptors (Lipinski definition) is 3. The molecule has 1 amide bonds. The molecule has 4 nitrogen and oxygen atoms in total. The Morgan fingerprint density at radius 1 is 1.27 bits per heavy atom. The van der Waals surface area contributed by atoms with Crippen LogP contribution in [0.3, 0.4) is 0 Å². The van der Waals surface area contributed by atoms with Crippen LogP contribution in [0.25, 0.3) is 11.0 Å². The molecular weight excluding hydrogens is 276 g/mol. The zero-order valence-corrected chi connectivity index (χ0v) is 13.4. The fourth-order valence-electron chi connectivity index (χ4n) is 3.02. The molecule has 0 bridgehead atoms. The van der Waals surface area contributed by atoms with E-state index in [0.717, 1.165) is 42.7 Å². The van der Waals surface area contributed by atoms with E-state index in [1.54, 1.807) is 0 Å². The van der Waals surface area contributed by atoms with Crippen LogP contribution in [0.2, 0.25) is 0 Å². The molecule has 1 aliphatic rings. The first-order valence-electron chi connectivity index (χ1n) is 8.11. The van der Waals surface area contributed by atoms with Crippen LogP contribution in [0.4, 0.5) is 0 Å². The van der Waals surface area contributed by atoms with Crippen LogP contribution in [-0.2, 0) is 4.79 Å². The van der Waals surface area contributed by atoms with Crippen molar-refractivity contribution in [2.24, 2.45) is 0 Å². The van der Waals surface area contributed by atoms with E-state index < -0.39 is 0 Å². The molecule has 1 aromatic heterocycles. The average Bonchev–Trinajstić information content (AvgIpc) is 2.98. The van der Waals surface area contributed by atoms with Gasteiger partial charge in [0.05, 0.1) is 12.6 Å². The summed E-state index contributed by atoms with van der Waals surface area (Å²) in [6.07, 6.45) is 3.51. The molecule has 1 aliphatic heterocycles. The third-order valence-electron chi connectivity index (χ3n) is 4.61. The maximum absolute atomic E-state index is 12.4. The maximum Gasteiger partial charge on any atom is 0.236 e. The minimum atomic E-state index is 0.0844. The third-order valence-corrected chi connectivity index (χ3v) is 4.61. The summed E-state index contributed by atoms with van der Waals surface area (Å²) < 4.78 is 5.91. The van der Waals surface area contributed by atoms with Crippen LogP contribution in [-0.4, -0.2) is 42.4 Å². The molecule has 1 unspecified atom stereocenters. The molecule has 2 aromatic rings. The Hall–Kier alpha value is -1.81. The van der Waals surface area contributed by atoms with Gasteiger partial charge in [-0.15, -0.1) is 0 Å². The van der Waals surface area contributed by atoms with Crippen molar-refractivity contribution < 1.29 is 9.21 Å². The Bertz CT molecular complexity index is 610. The average molecular weight is 300 g/mol. The number of likely N-dealkylation sites (tertiary alicyclic amines) is 1. The number of piperidine rings is 1. The van der Waals surface area contributed by atoms with Gasteiger partial charge in [-0.1, -0.05) is 18.2 Å². The second-order valence-electron chi connectivity index (χ2n) is 6.22. The number of carbonyl (C=O) groups excluding carboxylic acids is 1. The van der Waals surface area contributed by atoms with Crippen LogP contribution in [0.5, 0.6) is 0 Å². The molecule has 118 valence electrons. The Morgan fingerprint density at radius 2 is 2.00 bits per heavy atom. The van der Waals surface area contributed by atoms with Gasteiger partial charge in [-0.2, -0.15) is 0 Å². The van der Waals surface area contributed by atoms with Crippen LogP contribution >= 0.6 is 0 Å². The summed E-state index contributed by atoms with van der Waals surface area (Å²) in [5.41, 5.74) is 0.903. The van der Waals surface area contributed by atoms with Gasteiger partial charge in [-0.25, -0.2) is 0 Å². The molecule has 1 aromatic carbocycles. The van der Waals surface area contributed by atoms with Crippen LogP contribution in [0, 0.1) is 0 Å². The molecular formula is C18H24N2O2. The Kier molecular flexibility index (Phi) is 4.48. The van der Waals surface area contributed by atoms with Crippen molar-refractivity contribution in [1.82, 2.24) is 9.80 Å². The van der Waals surface area contributed by atoms with Gasteiger partial charge in [0.1, 0.15) is 11.3 Å². The molecule has 0 radical (unpaired) electrons. The third kappa shape index (κ3) is 3.17. The first-order chi connectivity index (χ1) is 10.6. The lowest BCUT2D eigenvalue weighted by Crippen LogP contribution is -2.42. The number of likely N-dealkylation sites (N-methyl/N-ethyl adjacent to an activating group) is 1. The number of carbonyl (C=O) groups is 1. The first kappa shape index (κ1) is 15.1. The van der Waals surface area contributed by atoms with Crippen molar-refractivity contribution in [3.05, 3.63) is 36.1 Å². The molecule has 1 saturated heterocycles. The lowest BCUT2D eigenvalue weighted by molar-refractivity contribution is -0.133. The molecule has 0 N–H and O–H groups in total. The molecule has 3 rings (SSSR count). The van der Waals surface area contributed by atoms with E-state index in [1.807, 2.05) is 36.2 Å². The second kappa shape index (κ2) is 6.53. The first-order valence-corrected chi connectivity index (χ1v) is 8.11. The predicted octanol–water partition coefficient (Wildman–Crippen LogP) is 3.44. The highest BCUT2D eigenvalue weighted by Gasteiger charge is 2.22. The van der Waals surface area contributed by atoms with Crippen molar-refractivity contribution in [3.8, 4) is 0 Å². The zero-order valence-electron chi connectivity index (χ0n) is 13.4. The van der Waals surface area contributed by atoms with E-state index in [9.17, 15) is 4.79 Å². The maximum atomic E-state index is 12.4. The molecule has 1 atom stereocenters. The summed E-state index contributed by atoms with van der Waals surface area (Å²) in [6, 6.07) is 10.2. The van der Waals surface area contributed by atoms with Crippen molar-refractivity contribution in [2.75, 3.05) is 26.7 Å². The molecule has 0 saturated carbocycles. The van der Waals surface area contributed by atoms with Gasteiger partial charge < -0.3 is 9.32 Å². The topological polar surface area (TPSA) is 36.7 Å². The summed E-state index contributed by atoms with van der Waals surface area (Å²) in [7, 11) is 1.99. The molecule has 0 aliphatic carbocycles. The van der Waals surface area contributed by atoms with Crippen molar-refractivity contribution in [1.29, 1.82) is 0 Å². The largest absolute Gasteiger partial charge is 0.459 e. The highest BCUT2D eigenvalue weighted by atomic mass is 16.3. The SMILES string of the molecule is CC(c1cc2ccccc2o1)N(C)CC(=O)N1CCCCC1. The molecule has 1 fully saturated rings. The van der Waals surface area contributed by atoms with Gasteiger partial charge in [-0.3, -0.25) is 9.69 Å². The lowest BCUT2D eigenvalue weighted by atomic mass is 10.1. The molecule has 2 heterocycles. The van der Waals surface area contributed by atoms with E-state index in [2.05, 4.69) is 17.9 Å². The van der Waals surface area contributed by atoms with Gasteiger partial charge in [0.25, 0.3) is 0 Å². The summed E-state index contributed by atoms with van der Waals surface area (Å²) >= 11 is 0. The highest BCUT2D eigenvalue weighted by Crippen LogP contribution is 2.26. The van der Waals surface area contributed by atoms with E-state index >= 15 is 0 Å². The number of rotatable bonds is 4. The number of nitrogens with zero attached hydrogens (tertiary/aromatic N) is 2. The van der Waals surface area contributed by atoms with Crippen LogP contribution in [0.15, 0.2) is 34.7 Å². The van der Waals surface area contributed by atoms with Crippen LogP contribution in [0.1, 0.15) is 38.0 Å². The molecule has 22 heavy (non-hydrogen) atoms. The van der Waals surface area contributed by atoms with Gasteiger partial charge in [0.2, 0.25) is 5.91 Å². The van der Waals surface area contributed by atoms with Gasteiger partial charge in [0, 0.05) is 18.5 Å². The van der Waals surface area contributed by atoms with Gasteiger partial charge >= 0.3 is 0 Å². The number of hydrogen-bond donors (Lipinski definition) is 0. The normalized spacial score (nSPS) is 17.1. The molecule has 4 heteroatoms. The van der Waals surface area contributed by atoms with E-state index in [0.29, 0.717) is 6.54 Å². The standard InChI is InChI=1S/C18H24N2O2/c1-14(17-12-15-8-4-5-9-16(15)22-17)19(2)13-18(21)20-10-6-3-7-11-20/h4-5,8-9,12,14H,3,6-7,10-11,13H2,1-2H3. The number of para-hydroxylation sites is 1. The minimum Gasteiger partial charge on any atom is -0.459 e. The number of benzene rings is 1. The number of fused-ring (bicyclic) bond motifs is 1. The summed E-state index contributed by atoms with van der Waals surface area (Å²) in [5, 5.41) is 1.11. The zero-order chi connectivity index (χ0) is 15.5. The summed E-state index contributed by atoms with van der Waals surface area (Å²) in [4.78, 5) is 16.4. The summed E-state index contributed by atoms with van der Waals surface area (Å²) in [6.45, 7) is 4.34. The summed E-state index contributed by atoms with van der Waals surface area (Å²) in [5.74, 6) is 1.14. The Labute approximate surface area is 131 Å². The monoisotopic (exact) mass is 300 g/mol. The molecule has 0 spiro atoms. The number of furan rings is 1. The van der Waals surface area contributed by atoms with E-state index in [-0.39, 0.29) is 11.9 Å². The quantitative estimate of drug-likeness (QED) is 0.868. The fraction of sp³-hybridized carbons (Fsp3) is 0.500. The second-order valence-corrected chi connectivity index (χ2v) is 6.22. The Balaban J connectivity index is 1.65. The predicted molar refractivity (Wildman–Crippen MR) is 87.7 cm³/mol. The highest BCUT2D eigenvalue weighted by molar-refractivity contribution is 5.79. The van der Waals surface area contributed by atoms with Gasteiger partial charge in [0.15, 0.2) is 0 Å². The van der Waals surface area contributed by atoms with Crippen molar-refractivity contribution in [2.45, 2.75) is 32.2 Å². The van der Waals surface area contributed by atoms with E-state index in [1.165, 1.54) is 6.42 Å². The van der Waals surface area contributed by atoms with Crippen molar-refractivity contribution in [3.63, 3.8) is 0 Å².